The highest BCUT2D eigenvalue weighted by atomic mass is 35.5. The van der Waals surface area contributed by atoms with E-state index in [2.05, 4.69) is 16.0 Å². The minimum Gasteiger partial charge on any atom is -0.371 e. The molecular formula is C21H23ClFN3O4S. The van der Waals surface area contributed by atoms with Gasteiger partial charge in [0.1, 0.15) is 11.9 Å². The zero-order valence-corrected chi connectivity index (χ0v) is 18.4. The number of fused-ring (bicyclic) bond motifs is 1. The number of nitrogens with one attached hydrogen (secondary N) is 3. The monoisotopic (exact) mass is 467 g/mol. The van der Waals surface area contributed by atoms with Gasteiger partial charge in [-0.05, 0) is 42.3 Å². The van der Waals surface area contributed by atoms with Crippen LogP contribution in [0.5, 0.6) is 0 Å². The molecule has 3 N–H and O–H groups in total. The molecule has 2 aromatic rings. The molecule has 10 heteroatoms. The van der Waals surface area contributed by atoms with E-state index >= 15 is 0 Å². The number of rotatable bonds is 8. The first-order chi connectivity index (χ1) is 14.7. The summed E-state index contributed by atoms with van der Waals surface area (Å²) in [5.74, 6) is -2.21. The normalized spacial score (nSPS) is 15.6. The van der Waals surface area contributed by atoms with Crippen LogP contribution in [0.3, 0.4) is 0 Å². The van der Waals surface area contributed by atoms with Crippen molar-refractivity contribution in [3.8, 4) is 0 Å². The van der Waals surface area contributed by atoms with Gasteiger partial charge in [-0.3, -0.25) is 9.59 Å². The molecule has 7 nitrogen and oxygen atoms in total. The predicted octanol–water partition coefficient (Wildman–Crippen LogP) is 3.36. The summed E-state index contributed by atoms with van der Waals surface area (Å²) in [6.45, 7) is 2.59. The van der Waals surface area contributed by atoms with Crippen molar-refractivity contribution in [1.82, 2.24) is 5.32 Å². The standard InChI is InChI=1S/C21H23ClFN3O4S/c1-2-3-8-24-20(27)13-5-7-17-18(9-13)26-21(28)19(25-17)12-31(29,30)11-14-4-6-15(23)10-16(14)22/h4-7,9-10,19,25H,2-3,8,11-12H2,1H3,(H,24,27)(H,26,28)/t19-/m0/s1. The van der Waals surface area contributed by atoms with E-state index in [-0.39, 0.29) is 16.5 Å². The topological polar surface area (TPSA) is 104 Å². The number of unbranched alkanes of at least 4 members (excludes halogenated alkanes) is 1. The largest absolute Gasteiger partial charge is 0.371 e. The molecule has 1 atom stereocenters. The number of anilines is 2. The molecule has 0 aromatic heterocycles. The molecule has 3 rings (SSSR count). The first-order valence-corrected chi connectivity index (χ1v) is 12.0. The third-order valence-corrected chi connectivity index (χ3v) is 6.76. The van der Waals surface area contributed by atoms with Crippen LogP contribution >= 0.6 is 11.6 Å². The average molecular weight is 468 g/mol. The van der Waals surface area contributed by atoms with Crippen LogP contribution in [0.4, 0.5) is 15.8 Å². The molecular weight excluding hydrogens is 445 g/mol. The van der Waals surface area contributed by atoms with Crippen molar-refractivity contribution in [1.29, 1.82) is 0 Å². The second kappa shape index (κ2) is 9.65. The molecule has 0 saturated carbocycles. The van der Waals surface area contributed by atoms with Crippen molar-refractivity contribution in [2.45, 2.75) is 31.6 Å². The van der Waals surface area contributed by atoms with Crippen molar-refractivity contribution in [2.75, 3.05) is 22.9 Å². The van der Waals surface area contributed by atoms with Crippen LogP contribution < -0.4 is 16.0 Å². The van der Waals surface area contributed by atoms with Crippen LogP contribution in [-0.2, 0) is 20.4 Å². The maximum atomic E-state index is 13.2. The van der Waals surface area contributed by atoms with Crippen molar-refractivity contribution >= 4 is 44.6 Å². The van der Waals surface area contributed by atoms with Gasteiger partial charge in [0.2, 0.25) is 5.91 Å². The molecule has 0 aliphatic carbocycles. The molecule has 2 amide bonds. The van der Waals surface area contributed by atoms with Crippen LogP contribution in [0.15, 0.2) is 36.4 Å². The second-order valence-electron chi connectivity index (χ2n) is 7.35. The number of sulfone groups is 1. The lowest BCUT2D eigenvalue weighted by Gasteiger charge is -2.27. The van der Waals surface area contributed by atoms with Gasteiger partial charge in [-0.25, -0.2) is 12.8 Å². The van der Waals surface area contributed by atoms with E-state index in [0.29, 0.717) is 23.5 Å². The maximum Gasteiger partial charge on any atom is 0.251 e. The second-order valence-corrected chi connectivity index (χ2v) is 9.86. The Morgan fingerprint density at radius 3 is 2.68 bits per heavy atom. The van der Waals surface area contributed by atoms with Crippen LogP contribution in [0.25, 0.3) is 0 Å². The van der Waals surface area contributed by atoms with Crippen LogP contribution in [-0.4, -0.2) is 38.6 Å². The summed E-state index contributed by atoms with van der Waals surface area (Å²) in [6.07, 6.45) is 1.83. The first-order valence-electron chi connectivity index (χ1n) is 9.82. The highest BCUT2D eigenvalue weighted by molar-refractivity contribution is 7.90. The summed E-state index contributed by atoms with van der Waals surface area (Å²) in [5.41, 5.74) is 1.58. The quantitative estimate of drug-likeness (QED) is 0.516. The Hall–Kier alpha value is -2.65. The van der Waals surface area contributed by atoms with Gasteiger partial charge in [0, 0.05) is 17.1 Å². The third-order valence-electron chi connectivity index (χ3n) is 4.81. The van der Waals surface area contributed by atoms with Gasteiger partial charge in [0.25, 0.3) is 5.91 Å². The van der Waals surface area contributed by atoms with Crippen LogP contribution in [0.2, 0.25) is 5.02 Å². The van der Waals surface area contributed by atoms with E-state index < -0.39 is 39.1 Å². The average Bonchev–Trinajstić information content (AvgIpc) is 2.70. The molecule has 0 unspecified atom stereocenters. The zero-order chi connectivity index (χ0) is 22.6. The summed E-state index contributed by atoms with van der Waals surface area (Å²) in [4.78, 5) is 24.7. The molecule has 166 valence electrons. The Balaban J connectivity index is 1.69. The third kappa shape index (κ3) is 5.95. The number of benzene rings is 2. The Morgan fingerprint density at radius 1 is 1.19 bits per heavy atom. The van der Waals surface area contributed by atoms with E-state index in [9.17, 15) is 22.4 Å². The number of carbonyl (C=O) groups is 2. The Kier molecular flexibility index (Phi) is 7.17. The highest BCUT2D eigenvalue weighted by Crippen LogP contribution is 2.29. The Morgan fingerprint density at radius 2 is 1.97 bits per heavy atom. The lowest BCUT2D eigenvalue weighted by Crippen LogP contribution is -2.43. The molecule has 0 bridgehead atoms. The number of hydrogen-bond donors (Lipinski definition) is 3. The summed E-state index contributed by atoms with van der Waals surface area (Å²) in [5, 5.41) is 8.39. The van der Waals surface area contributed by atoms with Gasteiger partial charge in [-0.1, -0.05) is 31.0 Å². The molecule has 31 heavy (non-hydrogen) atoms. The summed E-state index contributed by atoms with van der Waals surface area (Å²) in [6, 6.07) is 7.25. The fourth-order valence-electron chi connectivity index (χ4n) is 3.17. The maximum absolute atomic E-state index is 13.2. The number of hydrogen-bond acceptors (Lipinski definition) is 5. The van der Waals surface area contributed by atoms with Crippen molar-refractivity contribution < 1.29 is 22.4 Å². The smallest absolute Gasteiger partial charge is 0.251 e. The van der Waals surface area contributed by atoms with Gasteiger partial charge >= 0.3 is 0 Å². The summed E-state index contributed by atoms with van der Waals surface area (Å²) >= 11 is 5.92. The molecule has 1 heterocycles. The lowest BCUT2D eigenvalue weighted by molar-refractivity contribution is -0.116. The number of halogens is 2. The van der Waals surface area contributed by atoms with Crippen molar-refractivity contribution in [2.24, 2.45) is 0 Å². The fourth-order valence-corrected chi connectivity index (χ4v) is 5.07. The lowest BCUT2D eigenvalue weighted by atomic mass is 10.1. The number of carbonyl (C=O) groups excluding carboxylic acids is 2. The van der Waals surface area contributed by atoms with E-state index in [1.54, 1.807) is 18.2 Å². The van der Waals surface area contributed by atoms with Gasteiger partial charge < -0.3 is 16.0 Å². The van der Waals surface area contributed by atoms with E-state index in [1.807, 2.05) is 6.92 Å². The molecule has 1 aliphatic rings. The minimum atomic E-state index is -3.73. The van der Waals surface area contributed by atoms with Crippen LogP contribution in [0, 0.1) is 5.82 Å². The molecule has 1 aliphatic heterocycles. The van der Waals surface area contributed by atoms with E-state index in [4.69, 9.17) is 11.6 Å². The minimum absolute atomic E-state index is 0.0136. The predicted molar refractivity (Wildman–Crippen MR) is 119 cm³/mol. The van der Waals surface area contributed by atoms with Gasteiger partial charge in [-0.15, -0.1) is 0 Å². The van der Waals surface area contributed by atoms with Crippen LogP contribution in [0.1, 0.15) is 35.7 Å². The van der Waals surface area contributed by atoms with Gasteiger partial charge in [0.05, 0.1) is 22.9 Å². The Bertz CT molecular complexity index is 1110. The van der Waals surface area contributed by atoms with E-state index in [1.165, 1.54) is 6.07 Å². The van der Waals surface area contributed by atoms with Crippen molar-refractivity contribution in [3.05, 3.63) is 58.4 Å². The van der Waals surface area contributed by atoms with Crippen molar-refractivity contribution in [3.63, 3.8) is 0 Å². The highest BCUT2D eigenvalue weighted by Gasteiger charge is 2.31. The van der Waals surface area contributed by atoms with Gasteiger partial charge in [0.15, 0.2) is 9.84 Å². The SMILES string of the molecule is CCCCNC(=O)c1ccc2c(c1)NC(=O)[C@H](CS(=O)(=O)Cc1ccc(F)cc1Cl)N2. The van der Waals surface area contributed by atoms with Gasteiger partial charge in [-0.2, -0.15) is 0 Å². The molecule has 0 radical (unpaired) electrons. The summed E-state index contributed by atoms with van der Waals surface area (Å²) < 4.78 is 38.4. The fraction of sp³-hybridized carbons (Fsp3) is 0.333. The van der Waals surface area contributed by atoms with E-state index in [0.717, 1.165) is 25.0 Å². The molecule has 0 spiro atoms. The molecule has 2 aromatic carbocycles. The zero-order valence-electron chi connectivity index (χ0n) is 16.9. The Labute approximate surface area is 185 Å². The molecule has 0 fully saturated rings. The summed E-state index contributed by atoms with van der Waals surface area (Å²) in [7, 11) is -3.73. The number of amides is 2. The molecule has 0 saturated heterocycles. The first kappa shape index (κ1) is 23.0.